The van der Waals surface area contributed by atoms with Crippen LogP contribution >= 0.6 is 12.6 Å². The number of thiol groups is 1. The molecule has 36 heavy (non-hydrogen) atoms. The van der Waals surface area contributed by atoms with Gasteiger partial charge < -0.3 is 4.74 Å². The van der Waals surface area contributed by atoms with Crippen molar-refractivity contribution in [3.8, 4) is 0 Å². The predicted molar refractivity (Wildman–Crippen MR) is 146 cm³/mol. The number of carbonyl (C=O) groups is 2. The van der Waals surface area contributed by atoms with E-state index in [4.69, 9.17) is 4.74 Å². The Morgan fingerprint density at radius 2 is 1.75 bits per heavy atom. The van der Waals surface area contributed by atoms with E-state index in [-0.39, 0.29) is 28.9 Å². The van der Waals surface area contributed by atoms with Gasteiger partial charge in [0.15, 0.2) is 5.78 Å². The van der Waals surface area contributed by atoms with Crippen molar-refractivity contribution in [1.82, 2.24) is 0 Å². The summed E-state index contributed by atoms with van der Waals surface area (Å²) in [6.45, 7) is 6.58. The normalized spacial score (nSPS) is 14.3. The fourth-order valence-corrected chi connectivity index (χ4v) is 4.44. The lowest BCUT2D eigenvalue weighted by molar-refractivity contribution is 0.0530. The summed E-state index contributed by atoms with van der Waals surface area (Å²) >= 11 is 3.99. The first-order valence-electron chi connectivity index (χ1n) is 11.9. The van der Waals surface area contributed by atoms with Crippen LogP contribution in [0.2, 0.25) is 0 Å². The minimum absolute atomic E-state index is 0.118. The van der Waals surface area contributed by atoms with E-state index in [1.165, 1.54) is 35.4 Å². The van der Waals surface area contributed by atoms with E-state index in [0.29, 0.717) is 11.3 Å². The Morgan fingerprint density at radius 1 is 1.03 bits per heavy atom. The molecule has 0 unspecified atom stereocenters. The second kappa shape index (κ2) is 10.7. The summed E-state index contributed by atoms with van der Waals surface area (Å²) in [5.74, 6) is -1.03. The maximum atomic E-state index is 14.5. The number of benzene rings is 3. The molecule has 5 heteroatoms. The van der Waals surface area contributed by atoms with Gasteiger partial charge in [-0.2, -0.15) is 12.6 Å². The molecule has 3 aromatic carbocycles. The van der Waals surface area contributed by atoms with E-state index in [0.717, 1.165) is 29.2 Å². The number of aryl methyl sites for hydroxylation is 1. The third-order valence-corrected chi connectivity index (χ3v) is 6.66. The van der Waals surface area contributed by atoms with E-state index < -0.39 is 11.8 Å². The van der Waals surface area contributed by atoms with Crippen LogP contribution in [0, 0.1) is 12.7 Å². The second-order valence-electron chi connectivity index (χ2n) is 9.63. The minimum atomic E-state index is -0.606. The third kappa shape index (κ3) is 5.52. The summed E-state index contributed by atoms with van der Waals surface area (Å²) in [6.07, 6.45) is 5.94. The molecule has 0 spiro atoms. The van der Waals surface area contributed by atoms with Gasteiger partial charge >= 0.3 is 5.97 Å². The summed E-state index contributed by atoms with van der Waals surface area (Å²) in [4.78, 5) is 24.9. The van der Waals surface area contributed by atoms with Crippen LogP contribution in [-0.2, 0) is 10.2 Å². The molecule has 0 amide bonds. The zero-order chi connectivity index (χ0) is 25.9. The van der Waals surface area contributed by atoms with Gasteiger partial charge in [-0.3, -0.25) is 4.79 Å². The van der Waals surface area contributed by atoms with Crippen LogP contribution < -0.4 is 0 Å². The number of halogens is 1. The Morgan fingerprint density at radius 3 is 2.44 bits per heavy atom. The molecule has 0 N–H and O–H groups in total. The molecule has 0 radical (unpaired) electrons. The summed E-state index contributed by atoms with van der Waals surface area (Å²) in [5.41, 5.74) is 6.56. The largest absolute Gasteiger partial charge is 0.461 e. The lowest BCUT2D eigenvalue weighted by Gasteiger charge is -2.32. The Bertz CT molecular complexity index is 1370. The molecule has 0 aromatic heterocycles. The zero-order valence-corrected chi connectivity index (χ0v) is 21.6. The van der Waals surface area contributed by atoms with Gasteiger partial charge in [0.25, 0.3) is 0 Å². The summed E-state index contributed by atoms with van der Waals surface area (Å²) in [6, 6.07) is 18.3. The summed E-state index contributed by atoms with van der Waals surface area (Å²) in [5, 5.41) is 0. The van der Waals surface area contributed by atoms with E-state index >= 15 is 0 Å². The lowest BCUT2D eigenvalue weighted by Crippen LogP contribution is -2.22. The SMILES string of the molecule is Cc1ccc(C2=CCC(C)(C)c3cc(C(=O)/C=C/c4ccc(C(=O)OCCS)cc4F)ccc32)cc1. The van der Waals surface area contributed by atoms with Gasteiger partial charge in [0, 0.05) is 16.9 Å². The van der Waals surface area contributed by atoms with Gasteiger partial charge in [-0.15, -0.1) is 0 Å². The number of esters is 1. The van der Waals surface area contributed by atoms with Crippen LogP contribution in [-0.4, -0.2) is 24.1 Å². The molecule has 1 aliphatic rings. The van der Waals surface area contributed by atoms with Crippen LogP contribution in [0.1, 0.15) is 68.8 Å². The zero-order valence-electron chi connectivity index (χ0n) is 20.7. The first kappa shape index (κ1) is 25.6. The number of allylic oxidation sites excluding steroid dienone is 2. The lowest BCUT2D eigenvalue weighted by atomic mass is 9.71. The number of ether oxygens (including phenoxy) is 1. The molecule has 0 saturated heterocycles. The Hall–Kier alpha value is -3.44. The maximum absolute atomic E-state index is 14.5. The highest BCUT2D eigenvalue weighted by Gasteiger charge is 2.29. The van der Waals surface area contributed by atoms with Crippen LogP contribution in [0.15, 0.2) is 72.8 Å². The molecular formula is C31H29FO3S. The summed E-state index contributed by atoms with van der Waals surface area (Å²) in [7, 11) is 0. The quantitative estimate of drug-likeness (QED) is 0.161. The smallest absolute Gasteiger partial charge is 0.338 e. The minimum Gasteiger partial charge on any atom is -0.461 e. The molecule has 0 heterocycles. The van der Waals surface area contributed by atoms with E-state index in [1.807, 2.05) is 18.2 Å². The average Bonchev–Trinajstić information content (AvgIpc) is 2.87. The molecule has 0 fully saturated rings. The Labute approximate surface area is 217 Å². The summed E-state index contributed by atoms with van der Waals surface area (Å²) < 4.78 is 19.5. The van der Waals surface area contributed by atoms with Gasteiger partial charge in [-0.25, -0.2) is 9.18 Å². The molecule has 3 nitrogen and oxygen atoms in total. The van der Waals surface area contributed by atoms with E-state index in [2.05, 4.69) is 63.7 Å². The molecular weight excluding hydrogens is 471 g/mol. The van der Waals surface area contributed by atoms with E-state index in [9.17, 15) is 14.0 Å². The third-order valence-electron chi connectivity index (χ3n) is 6.48. The van der Waals surface area contributed by atoms with Gasteiger partial charge in [0.05, 0.1) is 5.56 Å². The monoisotopic (exact) mass is 500 g/mol. The number of ketones is 1. The highest BCUT2D eigenvalue weighted by Crippen LogP contribution is 2.41. The van der Waals surface area contributed by atoms with Crippen molar-refractivity contribution >= 4 is 36.0 Å². The molecule has 184 valence electrons. The number of carbonyl (C=O) groups excluding carboxylic acids is 2. The van der Waals surface area contributed by atoms with Gasteiger partial charge in [-0.1, -0.05) is 68.0 Å². The van der Waals surface area contributed by atoms with Gasteiger partial charge in [0.1, 0.15) is 12.4 Å². The number of hydrogen-bond acceptors (Lipinski definition) is 4. The Kier molecular flexibility index (Phi) is 7.60. The van der Waals surface area contributed by atoms with Gasteiger partial charge in [0.2, 0.25) is 0 Å². The molecule has 3 aromatic rings. The van der Waals surface area contributed by atoms with Crippen molar-refractivity contribution < 1.29 is 18.7 Å². The predicted octanol–water partition coefficient (Wildman–Crippen LogP) is 7.23. The van der Waals surface area contributed by atoms with Crippen LogP contribution in [0.5, 0.6) is 0 Å². The first-order valence-corrected chi connectivity index (χ1v) is 12.5. The second-order valence-corrected chi connectivity index (χ2v) is 10.1. The number of fused-ring (bicyclic) bond motifs is 1. The average molecular weight is 501 g/mol. The van der Waals surface area contributed by atoms with E-state index in [1.54, 1.807) is 0 Å². The molecule has 4 rings (SSSR count). The molecule has 0 saturated carbocycles. The standard InChI is InChI=1S/C31H29FO3S/c1-20-4-6-21(7-5-20)25-14-15-31(2,3)27-18-23(10-12-26(25)27)29(33)13-11-22-8-9-24(19-28(22)32)30(34)35-16-17-36/h4-14,18-19,36H,15-17H2,1-3H3/b13-11+. The van der Waals surface area contributed by atoms with Crippen LogP contribution in [0.25, 0.3) is 11.6 Å². The molecule has 0 atom stereocenters. The maximum Gasteiger partial charge on any atom is 0.338 e. The fourth-order valence-electron chi connectivity index (χ4n) is 4.35. The van der Waals surface area contributed by atoms with Crippen molar-refractivity contribution in [2.45, 2.75) is 32.6 Å². The molecule has 0 aliphatic heterocycles. The Balaban J connectivity index is 1.58. The van der Waals surface area contributed by atoms with Gasteiger partial charge in [-0.05, 0) is 71.4 Å². The first-order chi connectivity index (χ1) is 17.2. The topological polar surface area (TPSA) is 43.4 Å². The van der Waals surface area contributed by atoms with Crippen molar-refractivity contribution in [2.75, 3.05) is 12.4 Å². The van der Waals surface area contributed by atoms with Crippen LogP contribution in [0.3, 0.4) is 0 Å². The van der Waals surface area contributed by atoms with Crippen molar-refractivity contribution in [3.05, 3.63) is 118 Å². The number of hydrogen-bond donors (Lipinski definition) is 1. The number of rotatable bonds is 7. The van der Waals surface area contributed by atoms with Crippen molar-refractivity contribution in [1.29, 1.82) is 0 Å². The van der Waals surface area contributed by atoms with Crippen molar-refractivity contribution in [2.24, 2.45) is 0 Å². The molecule has 0 bridgehead atoms. The fraction of sp³-hybridized carbons (Fsp3) is 0.226. The van der Waals surface area contributed by atoms with Crippen LogP contribution in [0.4, 0.5) is 4.39 Å². The highest BCUT2D eigenvalue weighted by molar-refractivity contribution is 7.80. The van der Waals surface area contributed by atoms with Crippen molar-refractivity contribution in [3.63, 3.8) is 0 Å². The molecule has 1 aliphatic carbocycles. The highest BCUT2D eigenvalue weighted by atomic mass is 32.1.